The van der Waals surface area contributed by atoms with Crippen LogP contribution >= 0.6 is 34.8 Å². The van der Waals surface area contributed by atoms with Gasteiger partial charge in [0.05, 0.1) is 26.4 Å². The number of nitrogens with zero attached hydrogens (tertiary/aromatic N) is 1. The van der Waals surface area contributed by atoms with E-state index in [2.05, 4.69) is 10.5 Å². The van der Waals surface area contributed by atoms with Gasteiger partial charge in [0.2, 0.25) is 0 Å². The van der Waals surface area contributed by atoms with Gasteiger partial charge in [-0.15, -0.1) is 0 Å². The maximum absolute atomic E-state index is 14.4. The van der Waals surface area contributed by atoms with Gasteiger partial charge in [-0.05, 0) is 72.8 Å². The number of alkyl halides is 3. The van der Waals surface area contributed by atoms with E-state index < -0.39 is 30.9 Å². The number of hydrogen-bond donors (Lipinski definition) is 2. The number of benzene rings is 3. The fraction of sp³-hybridized carbons (Fsp3) is 0.286. The number of oxime groups is 1. The molecule has 2 aliphatic heterocycles. The molecule has 6 nitrogen and oxygen atoms in total. The van der Waals surface area contributed by atoms with Gasteiger partial charge in [0, 0.05) is 24.1 Å². The number of carbonyl (C=O) groups excluding carboxylic acids is 1. The Hall–Kier alpha value is -2.76. The Kier molecular flexibility index (Phi) is 7.62. The highest BCUT2D eigenvalue weighted by atomic mass is 35.5. The maximum Gasteiger partial charge on any atom is 0.492 e. The fourth-order valence-corrected chi connectivity index (χ4v) is 5.68. The van der Waals surface area contributed by atoms with Gasteiger partial charge >= 0.3 is 13.3 Å². The van der Waals surface area contributed by atoms with Crippen molar-refractivity contribution in [2.45, 2.75) is 51.1 Å². The van der Waals surface area contributed by atoms with E-state index in [9.17, 15) is 23.0 Å². The monoisotopic (exact) mass is 624 g/mol. The Morgan fingerprint density at radius 2 is 1.78 bits per heavy atom. The highest BCUT2D eigenvalue weighted by molar-refractivity contribution is 6.62. The highest BCUT2D eigenvalue weighted by Crippen LogP contribution is 2.50. The van der Waals surface area contributed by atoms with Crippen molar-refractivity contribution in [1.82, 2.24) is 5.32 Å². The van der Waals surface area contributed by atoms with Crippen LogP contribution in [-0.4, -0.2) is 29.9 Å². The summed E-state index contributed by atoms with van der Waals surface area (Å²) >= 11 is 17.9. The van der Waals surface area contributed by atoms with Crippen LogP contribution in [0.3, 0.4) is 0 Å². The number of nitrogens with one attached hydrogen (secondary N) is 1. The van der Waals surface area contributed by atoms with Crippen molar-refractivity contribution >= 4 is 59.0 Å². The summed E-state index contributed by atoms with van der Waals surface area (Å²) in [6, 6.07) is 12.2. The second kappa shape index (κ2) is 10.5. The molecule has 1 unspecified atom stereocenters. The number of rotatable bonds is 5. The van der Waals surface area contributed by atoms with E-state index >= 15 is 0 Å². The number of hydrogen-bond acceptors (Lipinski definition) is 5. The van der Waals surface area contributed by atoms with Crippen molar-refractivity contribution in [2.24, 2.45) is 5.16 Å². The van der Waals surface area contributed by atoms with Crippen molar-refractivity contribution in [3.8, 4) is 0 Å². The number of carbonyl (C=O) groups is 1. The highest BCUT2D eigenvalue weighted by Gasteiger charge is 2.62. The van der Waals surface area contributed by atoms with Crippen LogP contribution in [0, 0.1) is 6.92 Å². The van der Waals surface area contributed by atoms with Crippen molar-refractivity contribution in [1.29, 1.82) is 0 Å². The Morgan fingerprint density at radius 1 is 1.10 bits per heavy atom. The van der Waals surface area contributed by atoms with E-state index in [0.717, 1.165) is 23.3 Å². The van der Waals surface area contributed by atoms with Crippen LogP contribution in [0.25, 0.3) is 0 Å². The Morgan fingerprint density at radius 3 is 2.41 bits per heavy atom. The van der Waals surface area contributed by atoms with Gasteiger partial charge in [-0.25, -0.2) is 0 Å². The van der Waals surface area contributed by atoms with Crippen LogP contribution in [0.4, 0.5) is 13.2 Å². The van der Waals surface area contributed by atoms with Gasteiger partial charge in [-0.2, -0.15) is 13.2 Å². The molecule has 0 aromatic heterocycles. The normalized spacial score (nSPS) is 19.6. The van der Waals surface area contributed by atoms with Crippen LogP contribution < -0.4 is 10.8 Å². The third-order valence-corrected chi connectivity index (χ3v) is 8.53. The predicted molar refractivity (Wildman–Crippen MR) is 152 cm³/mol. The first-order chi connectivity index (χ1) is 19.1. The van der Waals surface area contributed by atoms with E-state index in [1.807, 2.05) is 19.9 Å². The van der Waals surface area contributed by atoms with Crippen molar-refractivity contribution in [3.63, 3.8) is 0 Å². The van der Waals surface area contributed by atoms with Crippen LogP contribution in [0.1, 0.15) is 58.4 Å². The third kappa shape index (κ3) is 5.32. The van der Waals surface area contributed by atoms with E-state index in [0.29, 0.717) is 22.2 Å². The second-order valence-electron chi connectivity index (χ2n) is 10.5. The van der Waals surface area contributed by atoms with E-state index in [1.54, 1.807) is 25.1 Å². The first-order valence-electron chi connectivity index (χ1n) is 12.5. The molecule has 0 aliphatic carbocycles. The van der Waals surface area contributed by atoms with E-state index in [-0.39, 0.29) is 38.8 Å². The minimum absolute atomic E-state index is 0.0461. The molecule has 2 aliphatic rings. The summed E-state index contributed by atoms with van der Waals surface area (Å²) in [7, 11) is -0.997. The van der Waals surface area contributed by atoms with Gasteiger partial charge < -0.3 is 19.8 Å². The summed E-state index contributed by atoms with van der Waals surface area (Å²) in [5, 5.41) is 16.4. The van der Waals surface area contributed by atoms with Crippen LogP contribution in [-0.2, 0) is 27.2 Å². The molecule has 2 N–H and O–H groups in total. The second-order valence-corrected chi connectivity index (χ2v) is 11.7. The van der Waals surface area contributed by atoms with Gasteiger partial charge in [0.25, 0.3) is 11.5 Å². The topological polar surface area (TPSA) is 80.2 Å². The summed E-state index contributed by atoms with van der Waals surface area (Å²) < 4.78 is 48.7. The molecule has 41 heavy (non-hydrogen) atoms. The lowest BCUT2D eigenvalue weighted by atomic mass is 9.78. The molecule has 1 atom stereocenters. The minimum atomic E-state index is -4.86. The van der Waals surface area contributed by atoms with Crippen molar-refractivity contribution < 1.29 is 32.5 Å². The molecule has 0 saturated heterocycles. The van der Waals surface area contributed by atoms with Gasteiger partial charge in [-0.1, -0.05) is 64.2 Å². The largest absolute Gasteiger partial charge is 0.492 e. The van der Waals surface area contributed by atoms with Crippen LogP contribution in [0.15, 0.2) is 53.7 Å². The molecule has 5 rings (SSSR count). The lowest BCUT2D eigenvalue weighted by Crippen LogP contribution is -2.42. The summed E-state index contributed by atoms with van der Waals surface area (Å²) in [6.07, 6.45) is -5.49. The molecule has 1 amide bonds. The van der Waals surface area contributed by atoms with Gasteiger partial charge in [-0.3, -0.25) is 4.79 Å². The number of amides is 1. The molecular weight excluding hydrogens is 602 g/mol. The standard InChI is InChI=1S/C28H23BCl3F3N2O4/c1-14-8-16(23-12-27(41-37-23,28(33,34)35)17-10-21(30)24(32)22(31)11-17)5-6-18(14)25(38)36-13-15-4-7-20-19(9-15)26(2,3)40-29(20)39/h4-11,39H,12-13H2,1-3H3,(H,36,38). The molecule has 0 radical (unpaired) electrons. The summed E-state index contributed by atoms with van der Waals surface area (Å²) in [5.41, 5.74) is -0.141. The molecular formula is C28H23BCl3F3N2O4. The summed E-state index contributed by atoms with van der Waals surface area (Å²) in [4.78, 5) is 18.0. The number of fused-ring (bicyclic) bond motifs is 1. The SMILES string of the molecule is Cc1cc(C2=NOC(c3cc(Cl)c(Cl)c(Cl)c3)(C(F)(F)F)C2)ccc1C(=O)NCc1ccc2c(c1)C(C)(C)OB2O. The zero-order chi connectivity index (χ0) is 29.9. The van der Waals surface area contributed by atoms with Crippen LogP contribution in [0.2, 0.25) is 15.1 Å². The van der Waals surface area contributed by atoms with Gasteiger partial charge in [0.1, 0.15) is 0 Å². The summed E-state index contributed by atoms with van der Waals surface area (Å²) in [6.45, 7) is 5.61. The van der Waals surface area contributed by atoms with Crippen LogP contribution in [0.5, 0.6) is 0 Å². The zero-order valence-corrected chi connectivity index (χ0v) is 24.3. The van der Waals surface area contributed by atoms with Crippen molar-refractivity contribution in [3.05, 3.63) is 97.0 Å². The van der Waals surface area contributed by atoms with Gasteiger partial charge in [0.15, 0.2) is 0 Å². The lowest BCUT2D eigenvalue weighted by Gasteiger charge is -2.30. The molecule has 0 bridgehead atoms. The lowest BCUT2D eigenvalue weighted by molar-refractivity contribution is -0.275. The molecule has 0 saturated carbocycles. The predicted octanol–water partition coefficient (Wildman–Crippen LogP) is 6.42. The Balaban J connectivity index is 1.33. The molecule has 0 spiro atoms. The first kappa shape index (κ1) is 29.7. The number of halogens is 6. The third-order valence-electron chi connectivity index (χ3n) is 7.33. The molecule has 0 fully saturated rings. The maximum atomic E-state index is 14.4. The van der Waals surface area contributed by atoms with E-state index in [4.69, 9.17) is 44.3 Å². The molecule has 3 aromatic rings. The van der Waals surface area contributed by atoms with Crippen molar-refractivity contribution in [2.75, 3.05) is 0 Å². The molecule has 214 valence electrons. The number of aryl methyl sites for hydroxylation is 1. The average molecular weight is 626 g/mol. The first-order valence-corrected chi connectivity index (χ1v) is 13.6. The Labute approximate surface area is 249 Å². The van der Waals surface area contributed by atoms with E-state index in [1.165, 1.54) is 12.1 Å². The average Bonchev–Trinajstić information content (AvgIpc) is 3.45. The quantitative estimate of drug-likeness (QED) is 0.253. The fourth-order valence-electron chi connectivity index (χ4n) is 5.08. The zero-order valence-electron chi connectivity index (χ0n) is 22.0. The minimum Gasteiger partial charge on any atom is -0.423 e. The Bertz CT molecular complexity index is 1580. The molecule has 13 heteroatoms. The molecule has 2 heterocycles. The smallest absolute Gasteiger partial charge is 0.423 e. The molecule has 3 aromatic carbocycles. The summed E-state index contributed by atoms with van der Waals surface area (Å²) in [5.74, 6) is -0.357.